The van der Waals surface area contributed by atoms with Gasteiger partial charge in [0, 0.05) is 29.7 Å². The molecule has 0 spiro atoms. The molecule has 0 fully saturated rings. The molecule has 0 aliphatic heterocycles. The maximum atomic E-state index is 13.0. The zero-order chi connectivity index (χ0) is 21.5. The van der Waals surface area contributed by atoms with Gasteiger partial charge in [0.25, 0.3) is 0 Å². The molecule has 0 aliphatic carbocycles. The number of halogens is 1. The van der Waals surface area contributed by atoms with Crippen LogP contribution in [-0.2, 0) is 17.9 Å². The molecule has 0 atom stereocenters. The van der Waals surface area contributed by atoms with Crippen molar-refractivity contribution in [3.05, 3.63) is 77.8 Å². The quantitative estimate of drug-likeness (QED) is 0.334. The third kappa shape index (κ3) is 5.52. The summed E-state index contributed by atoms with van der Waals surface area (Å²) in [6.45, 7) is 9.05. The van der Waals surface area contributed by atoms with Gasteiger partial charge in [-0.05, 0) is 43.7 Å². The average molecular weight is 441 g/mol. The van der Waals surface area contributed by atoms with Crippen LogP contribution in [0.3, 0.4) is 0 Å². The average Bonchev–Trinajstić information content (AvgIpc) is 3.14. The number of carbonyl (C=O) groups excluding carboxylic acids is 1. The monoisotopic (exact) mass is 440 g/mol. The van der Waals surface area contributed by atoms with Crippen LogP contribution in [0.5, 0.6) is 0 Å². The highest BCUT2D eigenvalue weighted by molar-refractivity contribution is 7.99. The van der Waals surface area contributed by atoms with Crippen LogP contribution in [0.4, 0.5) is 0 Å². The van der Waals surface area contributed by atoms with Gasteiger partial charge < -0.3 is 4.90 Å². The predicted octanol–water partition coefficient (Wildman–Crippen LogP) is 5.31. The maximum Gasteiger partial charge on any atom is 0.233 e. The Morgan fingerprint density at radius 3 is 2.50 bits per heavy atom. The molecule has 1 amide bonds. The van der Waals surface area contributed by atoms with Crippen LogP contribution in [0.25, 0.3) is 11.4 Å². The molecule has 0 saturated carbocycles. The molecule has 7 heteroatoms. The van der Waals surface area contributed by atoms with Crippen molar-refractivity contribution in [2.75, 3.05) is 5.75 Å². The molecule has 0 bridgehead atoms. The third-order valence-electron chi connectivity index (χ3n) is 4.60. The minimum absolute atomic E-state index is 0.0695. The molecule has 0 saturated heterocycles. The Labute approximate surface area is 186 Å². The number of amides is 1. The van der Waals surface area contributed by atoms with Crippen LogP contribution >= 0.6 is 23.4 Å². The number of hydrogen-bond acceptors (Lipinski definition) is 4. The topological polar surface area (TPSA) is 51.0 Å². The van der Waals surface area contributed by atoms with E-state index in [-0.39, 0.29) is 11.9 Å². The number of benzene rings is 2. The maximum absolute atomic E-state index is 13.0. The number of allylic oxidation sites excluding steroid dienone is 1. The van der Waals surface area contributed by atoms with E-state index in [1.165, 1.54) is 11.8 Å². The highest BCUT2D eigenvalue weighted by Gasteiger charge is 2.20. The van der Waals surface area contributed by atoms with E-state index in [1.807, 2.05) is 77.9 Å². The van der Waals surface area contributed by atoms with E-state index < -0.39 is 0 Å². The van der Waals surface area contributed by atoms with Crippen LogP contribution in [0.1, 0.15) is 19.4 Å². The van der Waals surface area contributed by atoms with Gasteiger partial charge in [-0.15, -0.1) is 16.8 Å². The first kappa shape index (κ1) is 22.1. The Morgan fingerprint density at radius 1 is 1.17 bits per heavy atom. The lowest BCUT2D eigenvalue weighted by Crippen LogP contribution is -2.37. The Balaban J connectivity index is 1.74. The molecule has 3 aromatic rings. The van der Waals surface area contributed by atoms with Crippen molar-refractivity contribution in [3.8, 4) is 11.4 Å². The molecule has 3 rings (SSSR count). The molecule has 0 radical (unpaired) electrons. The normalized spacial score (nSPS) is 10.9. The van der Waals surface area contributed by atoms with E-state index in [4.69, 9.17) is 11.6 Å². The molecule has 1 aromatic heterocycles. The van der Waals surface area contributed by atoms with Gasteiger partial charge in [-0.3, -0.25) is 9.36 Å². The molecule has 30 heavy (non-hydrogen) atoms. The molecule has 1 heterocycles. The summed E-state index contributed by atoms with van der Waals surface area (Å²) in [5, 5.41) is 10.0. The Bertz CT molecular complexity index is 986. The number of rotatable bonds is 9. The minimum Gasteiger partial charge on any atom is -0.335 e. The number of carbonyl (C=O) groups is 1. The first-order valence-corrected chi connectivity index (χ1v) is 11.1. The van der Waals surface area contributed by atoms with Gasteiger partial charge in [-0.25, -0.2) is 0 Å². The van der Waals surface area contributed by atoms with Crippen molar-refractivity contribution in [1.29, 1.82) is 0 Å². The molecule has 0 aliphatic rings. The SMILES string of the molecule is C=CCn1c(SCC(=O)N(Cc2ccccc2)C(C)C)nnc1-c1ccc(Cl)cc1. The van der Waals surface area contributed by atoms with Gasteiger partial charge in [-0.2, -0.15) is 0 Å². The van der Waals surface area contributed by atoms with E-state index in [0.717, 1.165) is 17.0 Å². The zero-order valence-corrected chi connectivity index (χ0v) is 18.7. The summed E-state index contributed by atoms with van der Waals surface area (Å²) in [7, 11) is 0. The van der Waals surface area contributed by atoms with E-state index in [2.05, 4.69) is 16.8 Å². The van der Waals surface area contributed by atoms with Crippen molar-refractivity contribution in [1.82, 2.24) is 19.7 Å². The standard InChI is InChI=1S/C23H25ClN4OS/c1-4-14-27-22(19-10-12-20(24)13-11-19)25-26-23(27)30-16-21(29)28(17(2)3)15-18-8-6-5-7-9-18/h4-13,17H,1,14-16H2,2-3H3. The van der Waals surface area contributed by atoms with Crippen LogP contribution < -0.4 is 0 Å². The number of aromatic nitrogens is 3. The first-order valence-electron chi connectivity index (χ1n) is 9.75. The Hall–Kier alpha value is -2.57. The second-order valence-electron chi connectivity index (χ2n) is 7.10. The lowest BCUT2D eigenvalue weighted by molar-refractivity contribution is -0.130. The van der Waals surface area contributed by atoms with Gasteiger partial charge >= 0.3 is 0 Å². The smallest absolute Gasteiger partial charge is 0.233 e. The van der Waals surface area contributed by atoms with Gasteiger partial charge in [0.15, 0.2) is 11.0 Å². The third-order valence-corrected chi connectivity index (χ3v) is 5.80. The Morgan fingerprint density at radius 2 is 1.87 bits per heavy atom. The highest BCUT2D eigenvalue weighted by Crippen LogP contribution is 2.26. The van der Waals surface area contributed by atoms with Gasteiger partial charge in [-0.1, -0.05) is 59.8 Å². The summed E-state index contributed by atoms with van der Waals surface area (Å²) < 4.78 is 1.96. The van der Waals surface area contributed by atoms with Crippen molar-refractivity contribution in [2.24, 2.45) is 0 Å². The molecule has 0 unspecified atom stereocenters. The molecule has 5 nitrogen and oxygen atoms in total. The minimum atomic E-state index is 0.0695. The lowest BCUT2D eigenvalue weighted by atomic mass is 10.2. The fraction of sp³-hybridized carbons (Fsp3) is 0.261. The fourth-order valence-corrected chi connectivity index (χ4v) is 4.01. The summed E-state index contributed by atoms with van der Waals surface area (Å²) in [4.78, 5) is 14.8. The highest BCUT2D eigenvalue weighted by atomic mass is 35.5. The Kier molecular flexibility index (Phi) is 7.71. The summed E-state index contributed by atoms with van der Waals surface area (Å²) in [5.74, 6) is 1.09. The van der Waals surface area contributed by atoms with E-state index in [9.17, 15) is 4.79 Å². The fourth-order valence-electron chi connectivity index (χ4n) is 3.05. The van der Waals surface area contributed by atoms with Gasteiger partial charge in [0.1, 0.15) is 0 Å². The largest absolute Gasteiger partial charge is 0.335 e. The number of thioether (sulfide) groups is 1. The lowest BCUT2D eigenvalue weighted by Gasteiger charge is -2.26. The molecule has 156 valence electrons. The van der Waals surface area contributed by atoms with E-state index in [1.54, 1.807) is 6.08 Å². The summed E-state index contributed by atoms with van der Waals surface area (Å²) in [6.07, 6.45) is 1.80. The summed E-state index contributed by atoms with van der Waals surface area (Å²) in [5.41, 5.74) is 2.03. The van der Waals surface area contributed by atoms with Gasteiger partial charge in [0.2, 0.25) is 5.91 Å². The van der Waals surface area contributed by atoms with Crippen LogP contribution in [0, 0.1) is 0 Å². The number of hydrogen-bond donors (Lipinski definition) is 0. The van der Waals surface area contributed by atoms with Crippen LogP contribution in [-0.4, -0.2) is 37.4 Å². The van der Waals surface area contributed by atoms with E-state index in [0.29, 0.717) is 29.0 Å². The van der Waals surface area contributed by atoms with Crippen LogP contribution in [0.2, 0.25) is 5.02 Å². The molecular formula is C23H25ClN4OS. The van der Waals surface area contributed by atoms with Crippen molar-refractivity contribution in [3.63, 3.8) is 0 Å². The van der Waals surface area contributed by atoms with Gasteiger partial charge in [0.05, 0.1) is 5.75 Å². The molecule has 0 N–H and O–H groups in total. The van der Waals surface area contributed by atoms with E-state index >= 15 is 0 Å². The zero-order valence-electron chi connectivity index (χ0n) is 17.2. The summed E-state index contributed by atoms with van der Waals surface area (Å²) >= 11 is 7.39. The van der Waals surface area contributed by atoms with Crippen LogP contribution in [0.15, 0.2) is 72.4 Å². The number of nitrogens with zero attached hydrogens (tertiary/aromatic N) is 4. The molecular weight excluding hydrogens is 416 g/mol. The van der Waals surface area contributed by atoms with Crippen molar-refractivity contribution in [2.45, 2.75) is 38.1 Å². The predicted molar refractivity (Wildman–Crippen MR) is 124 cm³/mol. The summed E-state index contributed by atoms with van der Waals surface area (Å²) in [6, 6.07) is 17.6. The second-order valence-corrected chi connectivity index (χ2v) is 8.48. The molecule has 2 aromatic carbocycles. The van der Waals surface area contributed by atoms with Crippen molar-refractivity contribution < 1.29 is 4.79 Å². The van der Waals surface area contributed by atoms with Crippen molar-refractivity contribution >= 4 is 29.3 Å². The second kappa shape index (κ2) is 10.5. The first-order chi connectivity index (χ1) is 14.5.